The summed E-state index contributed by atoms with van der Waals surface area (Å²) in [6.45, 7) is 9.44. The molecular formula is C18H18N6O2S2. The lowest BCUT2D eigenvalue weighted by Gasteiger charge is -2.44. The quantitative estimate of drug-likeness (QED) is 0.748. The molecule has 3 atom stereocenters. The summed E-state index contributed by atoms with van der Waals surface area (Å²) in [5.41, 5.74) is 6.04. The van der Waals surface area contributed by atoms with E-state index in [0.29, 0.717) is 23.3 Å². The van der Waals surface area contributed by atoms with Crippen LogP contribution in [0.25, 0.3) is 4.85 Å². The van der Waals surface area contributed by atoms with E-state index in [1.54, 1.807) is 23.2 Å². The van der Waals surface area contributed by atoms with Crippen LogP contribution in [0.5, 0.6) is 0 Å². The Kier molecular flexibility index (Phi) is 5.05. The van der Waals surface area contributed by atoms with Crippen LogP contribution in [0.1, 0.15) is 28.8 Å². The van der Waals surface area contributed by atoms with Crippen molar-refractivity contribution in [2.24, 2.45) is 16.6 Å². The third-order valence-corrected chi connectivity index (χ3v) is 6.81. The molecule has 0 radical (unpaired) electrons. The summed E-state index contributed by atoms with van der Waals surface area (Å²) in [5.74, 6) is 1.23. The van der Waals surface area contributed by atoms with Crippen molar-refractivity contribution in [3.8, 4) is 0 Å². The van der Waals surface area contributed by atoms with Crippen LogP contribution in [0.2, 0.25) is 0 Å². The van der Waals surface area contributed by atoms with Crippen molar-refractivity contribution in [2.75, 3.05) is 17.7 Å². The number of fused-ring (bicyclic) bond motifs is 1. The number of amidine groups is 1. The molecule has 0 saturated carbocycles. The number of anilines is 1. The number of rotatable bonds is 3. The van der Waals surface area contributed by atoms with Gasteiger partial charge in [0, 0.05) is 23.2 Å². The predicted octanol–water partition coefficient (Wildman–Crippen LogP) is 3.02. The van der Waals surface area contributed by atoms with E-state index in [9.17, 15) is 4.79 Å². The van der Waals surface area contributed by atoms with Gasteiger partial charge in [-0.15, -0.1) is 11.3 Å². The van der Waals surface area contributed by atoms with E-state index >= 15 is 0 Å². The maximum absolute atomic E-state index is 12.4. The number of nitrogens with two attached hydrogens (primary N) is 1. The molecule has 0 aliphatic carbocycles. The maximum atomic E-state index is 12.4. The van der Waals surface area contributed by atoms with Gasteiger partial charge in [-0.3, -0.25) is 9.78 Å². The zero-order valence-electron chi connectivity index (χ0n) is 15.1. The molecule has 10 heteroatoms. The minimum atomic E-state index is -0.592. The Labute approximate surface area is 170 Å². The zero-order chi connectivity index (χ0) is 19.7. The average Bonchev–Trinajstić information content (AvgIpc) is 3.17. The highest BCUT2D eigenvalue weighted by atomic mass is 32.2. The summed E-state index contributed by atoms with van der Waals surface area (Å²) < 4.78 is 5.91. The first-order valence-corrected chi connectivity index (χ1v) is 10.6. The van der Waals surface area contributed by atoms with Gasteiger partial charge in [0.2, 0.25) is 5.69 Å². The van der Waals surface area contributed by atoms with E-state index in [-0.39, 0.29) is 23.6 Å². The molecular weight excluding hydrogens is 396 g/mol. The number of nitrogens with one attached hydrogen (secondary N) is 1. The highest BCUT2D eigenvalue weighted by molar-refractivity contribution is 8.13. The van der Waals surface area contributed by atoms with Gasteiger partial charge in [0.05, 0.1) is 19.3 Å². The molecule has 2 aromatic heterocycles. The van der Waals surface area contributed by atoms with Gasteiger partial charge in [0.15, 0.2) is 5.17 Å². The lowest BCUT2D eigenvalue weighted by molar-refractivity contribution is -0.0466. The molecule has 4 rings (SSSR count). The third-order valence-electron chi connectivity index (χ3n) is 4.85. The number of nitrogens with zero attached hydrogens (tertiary/aromatic N) is 4. The van der Waals surface area contributed by atoms with Gasteiger partial charge in [-0.25, -0.2) is 14.8 Å². The smallest absolute Gasteiger partial charge is 0.275 e. The fraction of sp³-hybridized carbons (Fsp3) is 0.389. The number of aliphatic imine (C=N–C) groups is 1. The van der Waals surface area contributed by atoms with E-state index in [1.165, 1.54) is 23.6 Å². The molecule has 8 nitrogen and oxygen atoms in total. The normalized spacial score (nSPS) is 26.6. The number of carbonyl (C=O) groups is 1. The molecule has 144 valence electrons. The number of ether oxygens (including phenoxy) is 1. The number of hydrogen-bond donors (Lipinski definition) is 2. The molecule has 2 aliphatic rings. The Balaban J connectivity index is 1.57. The first-order valence-electron chi connectivity index (χ1n) is 8.71. The van der Waals surface area contributed by atoms with E-state index in [1.807, 2.05) is 0 Å². The summed E-state index contributed by atoms with van der Waals surface area (Å²) >= 11 is 3.01. The molecule has 1 amide bonds. The molecule has 4 heterocycles. The molecule has 0 unspecified atom stereocenters. The van der Waals surface area contributed by atoms with Gasteiger partial charge in [-0.2, -0.15) is 0 Å². The Morgan fingerprint density at radius 3 is 3.11 bits per heavy atom. The monoisotopic (exact) mass is 414 g/mol. The minimum absolute atomic E-state index is 0.178. The second-order valence-electron chi connectivity index (χ2n) is 6.75. The fourth-order valence-corrected chi connectivity index (χ4v) is 5.35. The number of hydrogen-bond acceptors (Lipinski definition) is 8. The molecule has 0 spiro atoms. The second kappa shape index (κ2) is 7.50. The molecule has 0 aromatic carbocycles. The highest BCUT2D eigenvalue weighted by Crippen LogP contribution is 2.47. The van der Waals surface area contributed by atoms with Gasteiger partial charge in [-0.05, 0) is 19.4 Å². The molecule has 1 fully saturated rings. The van der Waals surface area contributed by atoms with Crippen molar-refractivity contribution in [1.82, 2.24) is 9.97 Å². The standard InChI is InChI=1S/C18H18N6O2S2/c1-10-5-11-7-28-17(19)24-18(11,9-26-10)16-23-14(8-27-16)22-15(25)13-4-3-12(20-2)6-21-13/h3-4,6,8,10-11H,5,7,9H2,1H3,(H2,19,24)(H,22,25)/t10-,11-,18-/m0/s1. The van der Waals surface area contributed by atoms with Gasteiger partial charge >= 0.3 is 0 Å². The second-order valence-corrected chi connectivity index (χ2v) is 8.64. The number of thiazole rings is 1. The maximum Gasteiger partial charge on any atom is 0.275 e. The van der Waals surface area contributed by atoms with Crippen LogP contribution >= 0.6 is 23.1 Å². The van der Waals surface area contributed by atoms with Crippen LogP contribution in [0.4, 0.5) is 11.5 Å². The van der Waals surface area contributed by atoms with Gasteiger partial charge < -0.3 is 15.8 Å². The van der Waals surface area contributed by atoms with E-state index in [4.69, 9.17) is 22.0 Å². The van der Waals surface area contributed by atoms with Crippen molar-refractivity contribution in [2.45, 2.75) is 25.0 Å². The molecule has 28 heavy (non-hydrogen) atoms. The highest BCUT2D eigenvalue weighted by Gasteiger charge is 2.49. The zero-order valence-corrected chi connectivity index (χ0v) is 16.7. The number of pyridine rings is 1. The van der Waals surface area contributed by atoms with Crippen LogP contribution in [0, 0.1) is 12.5 Å². The van der Waals surface area contributed by atoms with Gasteiger partial charge in [-0.1, -0.05) is 17.8 Å². The molecule has 2 aromatic rings. The van der Waals surface area contributed by atoms with Crippen LogP contribution < -0.4 is 11.1 Å². The van der Waals surface area contributed by atoms with Crippen molar-refractivity contribution in [3.63, 3.8) is 0 Å². The summed E-state index contributed by atoms with van der Waals surface area (Å²) in [5, 5.41) is 5.88. The topological polar surface area (TPSA) is 107 Å². The lowest BCUT2D eigenvalue weighted by Crippen LogP contribution is -2.49. The predicted molar refractivity (Wildman–Crippen MR) is 110 cm³/mol. The van der Waals surface area contributed by atoms with Crippen LogP contribution in [0.15, 0.2) is 28.7 Å². The van der Waals surface area contributed by atoms with Crippen molar-refractivity contribution in [3.05, 3.63) is 45.8 Å². The number of aromatic nitrogens is 2. The summed E-state index contributed by atoms with van der Waals surface area (Å²) in [7, 11) is 0. The summed E-state index contributed by atoms with van der Waals surface area (Å²) in [6.07, 6.45) is 2.44. The largest absolute Gasteiger partial charge is 0.379 e. The van der Waals surface area contributed by atoms with Crippen molar-refractivity contribution < 1.29 is 9.53 Å². The number of thioether (sulfide) groups is 1. The number of carbonyl (C=O) groups excluding carboxylic acids is 1. The molecule has 1 saturated heterocycles. The molecule has 2 aliphatic heterocycles. The minimum Gasteiger partial charge on any atom is -0.379 e. The Bertz CT molecular complexity index is 967. The number of amides is 1. The van der Waals surface area contributed by atoms with Gasteiger partial charge in [0.1, 0.15) is 22.1 Å². The summed E-state index contributed by atoms with van der Waals surface area (Å²) in [4.78, 5) is 29.1. The van der Waals surface area contributed by atoms with Crippen molar-refractivity contribution >= 4 is 45.7 Å². The van der Waals surface area contributed by atoms with Gasteiger partial charge in [0.25, 0.3) is 5.91 Å². The molecule has 3 N–H and O–H groups in total. The van der Waals surface area contributed by atoms with E-state index in [2.05, 4.69) is 27.1 Å². The van der Waals surface area contributed by atoms with Crippen LogP contribution in [-0.4, -0.2) is 39.5 Å². The first kappa shape index (κ1) is 18.9. The van der Waals surface area contributed by atoms with Crippen LogP contribution in [0.3, 0.4) is 0 Å². The molecule has 0 bridgehead atoms. The van der Waals surface area contributed by atoms with Crippen LogP contribution in [-0.2, 0) is 10.3 Å². The SMILES string of the molecule is [C-]#[N+]c1ccc(C(=O)Nc2csc([C@]34CO[C@@H](C)C[C@H]3CSC(N)=N4)n2)nc1. The van der Waals surface area contributed by atoms with E-state index < -0.39 is 5.54 Å². The van der Waals surface area contributed by atoms with Crippen molar-refractivity contribution in [1.29, 1.82) is 0 Å². The first-order chi connectivity index (χ1) is 13.5. The third kappa shape index (κ3) is 3.48. The summed E-state index contributed by atoms with van der Waals surface area (Å²) in [6, 6.07) is 3.08. The lowest BCUT2D eigenvalue weighted by atomic mass is 9.80. The Morgan fingerprint density at radius 1 is 1.50 bits per heavy atom. The van der Waals surface area contributed by atoms with E-state index in [0.717, 1.165) is 17.2 Å². The Hall–Kier alpha value is -2.48. The average molecular weight is 415 g/mol. The fourth-order valence-electron chi connectivity index (χ4n) is 3.38. The Morgan fingerprint density at radius 2 is 2.36 bits per heavy atom.